The van der Waals surface area contributed by atoms with Crippen molar-refractivity contribution in [3.63, 3.8) is 0 Å². The molecule has 1 aliphatic rings. The number of pyridine rings is 1. The highest BCUT2D eigenvalue weighted by Gasteiger charge is 2.16. The molecule has 0 radical (unpaired) electrons. The maximum atomic E-state index is 10.6. The van der Waals surface area contributed by atoms with Crippen LogP contribution in [-0.2, 0) is 0 Å². The molecule has 6 heteroatoms. The van der Waals surface area contributed by atoms with Crippen molar-refractivity contribution in [1.82, 2.24) is 10.3 Å². The summed E-state index contributed by atoms with van der Waals surface area (Å²) in [6.45, 7) is 4.21. The predicted octanol–water partition coefficient (Wildman–Crippen LogP) is 1.29. The number of hydrogen-bond acceptors (Lipinski definition) is 5. The van der Waals surface area contributed by atoms with Gasteiger partial charge in [0.15, 0.2) is 0 Å². The van der Waals surface area contributed by atoms with Crippen LogP contribution in [0.25, 0.3) is 0 Å². The lowest BCUT2D eigenvalue weighted by Crippen LogP contribution is -2.16. The lowest BCUT2D eigenvalue weighted by Gasteiger charge is -2.10. The number of nitro groups is 1. The van der Waals surface area contributed by atoms with E-state index in [1.54, 1.807) is 13.0 Å². The molecule has 2 heterocycles. The highest BCUT2D eigenvalue weighted by molar-refractivity contribution is 5.36. The standard InChI is InChI=1S/C11H15N3O3/c1-8-10(14(15)16)2-3-11(13-8)17-7-9-4-5-12-6-9/h2-3,9,12H,4-7H2,1H3. The summed E-state index contributed by atoms with van der Waals surface area (Å²) < 4.78 is 5.53. The zero-order chi connectivity index (χ0) is 12.3. The van der Waals surface area contributed by atoms with Crippen molar-refractivity contribution in [2.45, 2.75) is 13.3 Å². The Bertz CT molecular complexity index is 416. The minimum Gasteiger partial charge on any atom is -0.477 e. The molecule has 92 valence electrons. The summed E-state index contributed by atoms with van der Waals surface area (Å²) >= 11 is 0. The first-order valence-corrected chi connectivity index (χ1v) is 5.62. The molecule has 0 spiro atoms. The number of nitrogens with zero attached hydrogens (tertiary/aromatic N) is 2. The molecule has 1 aromatic heterocycles. The van der Waals surface area contributed by atoms with Crippen LogP contribution in [0.2, 0.25) is 0 Å². The first-order chi connectivity index (χ1) is 8.16. The zero-order valence-corrected chi connectivity index (χ0v) is 9.68. The highest BCUT2D eigenvalue weighted by Crippen LogP contribution is 2.20. The number of aromatic nitrogens is 1. The number of rotatable bonds is 4. The van der Waals surface area contributed by atoms with Crippen molar-refractivity contribution in [3.8, 4) is 5.88 Å². The molecule has 2 rings (SSSR count). The van der Waals surface area contributed by atoms with Crippen molar-refractivity contribution >= 4 is 5.69 Å². The highest BCUT2D eigenvalue weighted by atomic mass is 16.6. The average Bonchev–Trinajstić information content (AvgIpc) is 2.78. The second-order valence-corrected chi connectivity index (χ2v) is 4.18. The molecule has 1 atom stereocenters. The van der Waals surface area contributed by atoms with Gasteiger partial charge in [0, 0.05) is 24.6 Å². The third-order valence-electron chi connectivity index (χ3n) is 2.86. The molecule has 1 unspecified atom stereocenters. The average molecular weight is 237 g/mol. The lowest BCUT2D eigenvalue weighted by atomic mass is 10.1. The minimum atomic E-state index is -0.437. The molecule has 6 nitrogen and oxygen atoms in total. The van der Waals surface area contributed by atoms with Crippen molar-refractivity contribution in [1.29, 1.82) is 0 Å². The predicted molar refractivity (Wildman–Crippen MR) is 62.1 cm³/mol. The number of nitrogens with one attached hydrogen (secondary N) is 1. The van der Waals surface area contributed by atoms with Gasteiger partial charge in [0.25, 0.3) is 5.69 Å². The summed E-state index contributed by atoms with van der Waals surface area (Å²) in [6, 6.07) is 2.98. The van der Waals surface area contributed by atoms with E-state index in [1.807, 2.05) is 0 Å². The number of aryl methyl sites for hydroxylation is 1. The van der Waals surface area contributed by atoms with Gasteiger partial charge in [-0.3, -0.25) is 10.1 Å². The van der Waals surface area contributed by atoms with Crippen molar-refractivity contribution < 1.29 is 9.66 Å². The van der Waals surface area contributed by atoms with Gasteiger partial charge in [0.1, 0.15) is 5.69 Å². The molecule has 0 amide bonds. The van der Waals surface area contributed by atoms with Gasteiger partial charge in [0.2, 0.25) is 5.88 Å². The van der Waals surface area contributed by atoms with Crippen molar-refractivity contribution in [3.05, 3.63) is 27.9 Å². The fourth-order valence-electron chi connectivity index (χ4n) is 1.86. The van der Waals surface area contributed by atoms with Gasteiger partial charge in [-0.25, -0.2) is 4.98 Å². The van der Waals surface area contributed by atoms with Gasteiger partial charge < -0.3 is 10.1 Å². The molecule has 1 saturated heterocycles. The quantitative estimate of drug-likeness (QED) is 0.630. The summed E-state index contributed by atoms with van der Waals surface area (Å²) in [5, 5.41) is 13.9. The Morgan fingerprint density at radius 2 is 2.47 bits per heavy atom. The molecule has 0 bridgehead atoms. The Hall–Kier alpha value is -1.69. The van der Waals surface area contributed by atoms with Crippen LogP contribution in [-0.4, -0.2) is 29.6 Å². The van der Waals surface area contributed by atoms with Gasteiger partial charge in [-0.15, -0.1) is 0 Å². The van der Waals surface area contributed by atoms with E-state index in [9.17, 15) is 10.1 Å². The van der Waals surface area contributed by atoms with Gasteiger partial charge in [-0.1, -0.05) is 0 Å². The fraction of sp³-hybridized carbons (Fsp3) is 0.545. The molecule has 1 aliphatic heterocycles. The Morgan fingerprint density at radius 1 is 1.65 bits per heavy atom. The lowest BCUT2D eigenvalue weighted by molar-refractivity contribution is -0.385. The first-order valence-electron chi connectivity index (χ1n) is 5.62. The molecular weight excluding hydrogens is 222 g/mol. The van der Waals surface area contributed by atoms with E-state index < -0.39 is 4.92 Å². The van der Waals surface area contributed by atoms with Crippen LogP contribution < -0.4 is 10.1 Å². The normalized spacial score (nSPS) is 19.2. The van der Waals surface area contributed by atoms with E-state index in [2.05, 4.69) is 10.3 Å². The van der Waals surface area contributed by atoms with E-state index in [0.29, 0.717) is 24.1 Å². The zero-order valence-electron chi connectivity index (χ0n) is 9.68. The smallest absolute Gasteiger partial charge is 0.290 e. The molecule has 17 heavy (non-hydrogen) atoms. The van der Waals surface area contributed by atoms with Crippen molar-refractivity contribution in [2.24, 2.45) is 5.92 Å². The van der Waals surface area contributed by atoms with Crippen LogP contribution in [0.5, 0.6) is 5.88 Å². The van der Waals surface area contributed by atoms with Gasteiger partial charge in [-0.05, 0) is 19.9 Å². The van der Waals surface area contributed by atoms with Crippen molar-refractivity contribution in [2.75, 3.05) is 19.7 Å². The Kier molecular flexibility index (Phi) is 3.53. The van der Waals surface area contributed by atoms with E-state index in [-0.39, 0.29) is 5.69 Å². The molecule has 0 saturated carbocycles. The van der Waals surface area contributed by atoms with Crippen LogP contribution >= 0.6 is 0 Å². The fourth-order valence-corrected chi connectivity index (χ4v) is 1.86. The molecular formula is C11H15N3O3. The third-order valence-corrected chi connectivity index (χ3v) is 2.86. The SMILES string of the molecule is Cc1nc(OCC2CCNC2)ccc1[N+](=O)[O-]. The van der Waals surface area contributed by atoms with Crippen LogP contribution in [0, 0.1) is 23.0 Å². The topological polar surface area (TPSA) is 77.3 Å². The summed E-state index contributed by atoms with van der Waals surface area (Å²) in [5.41, 5.74) is 0.414. The Labute approximate surface area is 99.2 Å². The Balaban J connectivity index is 1.97. The first kappa shape index (κ1) is 11.8. The number of ether oxygens (including phenoxy) is 1. The summed E-state index contributed by atoms with van der Waals surface area (Å²) in [6.07, 6.45) is 1.10. The van der Waals surface area contributed by atoms with E-state index in [4.69, 9.17) is 4.74 Å². The summed E-state index contributed by atoms with van der Waals surface area (Å²) in [7, 11) is 0. The third kappa shape index (κ3) is 2.91. The second-order valence-electron chi connectivity index (χ2n) is 4.18. The second kappa shape index (κ2) is 5.09. The monoisotopic (exact) mass is 237 g/mol. The number of hydrogen-bond donors (Lipinski definition) is 1. The van der Waals surface area contributed by atoms with E-state index in [1.165, 1.54) is 6.07 Å². The van der Waals surface area contributed by atoms with E-state index in [0.717, 1.165) is 19.5 Å². The maximum Gasteiger partial charge on any atom is 0.290 e. The summed E-state index contributed by atoms with van der Waals surface area (Å²) in [5.74, 6) is 0.965. The molecule has 1 fully saturated rings. The largest absolute Gasteiger partial charge is 0.477 e. The van der Waals surface area contributed by atoms with Crippen LogP contribution in [0.3, 0.4) is 0 Å². The molecule has 1 aromatic rings. The maximum absolute atomic E-state index is 10.6. The summed E-state index contributed by atoms with van der Waals surface area (Å²) in [4.78, 5) is 14.3. The van der Waals surface area contributed by atoms with Gasteiger partial charge in [0.05, 0.1) is 11.5 Å². The molecule has 0 aromatic carbocycles. The Morgan fingerprint density at radius 3 is 3.06 bits per heavy atom. The minimum absolute atomic E-state index is 0.0277. The van der Waals surface area contributed by atoms with Crippen LogP contribution in [0.1, 0.15) is 12.1 Å². The molecule has 0 aliphatic carbocycles. The van der Waals surface area contributed by atoms with Gasteiger partial charge in [-0.2, -0.15) is 0 Å². The molecule has 1 N–H and O–H groups in total. The van der Waals surface area contributed by atoms with Crippen LogP contribution in [0.15, 0.2) is 12.1 Å². The van der Waals surface area contributed by atoms with E-state index >= 15 is 0 Å². The van der Waals surface area contributed by atoms with Crippen LogP contribution in [0.4, 0.5) is 5.69 Å². The van der Waals surface area contributed by atoms with Gasteiger partial charge >= 0.3 is 0 Å².